The minimum Gasteiger partial charge on any atom is -0.405 e. The van der Waals surface area contributed by atoms with Gasteiger partial charge in [-0.1, -0.05) is 24.3 Å². The van der Waals surface area contributed by atoms with E-state index in [0.717, 1.165) is 10.7 Å². The number of nitrogens with zero attached hydrogens (tertiary/aromatic N) is 4. The number of hydrogen-bond acceptors (Lipinski definition) is 4. The van der Waals surface area contributed by atoms with Crippen LogP contribution in [0.2, 0.25) is 0 Å². The molecule has 2 aliphatic rings. The molecule has 5 nitrogen and oxygen atoms in total. The second kappa shape index (κ2) is 8.29. The molecule has 157 valence electrons. The minimum absolute atomic E-state index is 0. The summed E-state index contributed by atoms with van der Waals surface area (Å²) in [5.41, 5.74) is 0.521. The van der Waals surface area contributed by atoms with Gasteiger partial charge in [-0.3, -0.25) is 4.68 Å². The summed E-state index contributed by atoms with van der Waals surface area (Å²) in [6.45, 7) is 0. The second-order valence-electron chi connectivity index (χ2n) is 6.47. The molecular formula is C19H12F6N4NaO. The molecule has 1 aliphatic carbocycles. The van der Waals surface area contributed by atoms with Crippen LogP contribution in [0, 0.1) is 0 Å². The van der Waals surface area contributed by atoms with Crippen LogP contribution in [0.3, 0.4) is 0 Å². The summed E-state index contributed by atoms with van der Waals surface area (Å²) in [6.07, 6.45) is -6.03. The number of benzene rings is 1. The number of fused-ring (bicyclic) bond motifs is 1. The maximum absolute atomic E-state index is 12.9. The van der Waals surface area contributed by atoms with Crippen LogP contribution in [0.25, 0.3) is 5.57 Å². The summed E-state index contributed by atoms with van der Waals surface area (Å²) in [5, 5.41) is 3.44. The molecule has 4 rings (SSSR count). The average molecular weight is 449 g/mol. The van der Waals surface area contributed by atoms with Gasteiger partial charge in [0.25, 0.3) is 0 Å². The standard InChI is InChI=1S/C19H12F6N4O.Na/c1-29-14(9-16(28-29)18(20,21)22)17-26-12-7-6-10(8-13(12)27-17)11-4-2-3-5-15(11)30-19(23,24)25;/h2-6,8-9H,7H2,1H3;. The Labute approximate surface area is 194 Å². The van der Waals surface area contributed by atoms with Crippen LogP contribution < -0.4 is 4.74 Å². The first-order valence-electron chi connectivity index (χ1n) is 8.56. The zero-order valence-electron chi connectivity index (χ0n) is 16.2. The maximum atomic E-state index is 12.9. The monoisotopic (exact) mass is 449 g/mol. The summed E-state index contributed by atoms with van der Waals surface area (Å²) in [4.78, 5) is 8.52. The van der Waals surface area contributed by atoms with Crippen LogP contribution in [-0.2, 0) is 13.2 Å². The van der Waals surface area contributed by atoms with Gasteiger partial charge in [0.15, 0.2) is 11.5 Å². The fourth-order valence-electron chi connectivity index (χ4n) is 3.10. The van der Waals surface area contributed by atoms with Crippen LogP contribution in [0.1, 0.15) is 23.4 Å². The van der Waals surface area contributed by atoms with Crippen molar-refractivity contribution in [3.05, 3.63) is 65.1 Å². The van der Waals surface area contributed by atoms with Gasteiger partial charge in [-0.2, -0.15) is 18.3 Å². The van der Waals surface area contributed by atoms with E-state index in [1.165, 1.54) is 31.3 Å². The van der Waals surface area contributed by atoms with Gasteiger partial charge in [-0.05, 0) is 23.8 Å². The second-order valence-corrected chi connectivity index (χ2v) is 6.47. The number of aliphatic imine (C=N–C) groups is 2. The normalized spacial score (nSPS) is 16.0. The number of aryl methyl sites for hydroxylation is 1. The first-order chi connectivity index (χ1) is 14.0. The zero-order valence-corrected chi connectivity index (χ0v) is 18.2. The summed E-state index contributed by atoms with van der Waals surface area (Å²) < 4.78 is 81.8. The number of rotatable bonds is 3. The Morgan fingerprint density at radius 3 is 2.39 bits per heavy atom. The summed E-state index contributed by atoms with van der Waals surface area (Å²) in [6, 6.07) is 6.51. The molecule has 0 amide bonds. The van der Waals surface area contributed by atoms with Crippen molar-refractivity contribution in [1.82, 2.24) is 9.78 Å². The number of halogens is 6. The van der Waals surface area contributed by atoms with E-state index in [1.54, 1.807) is 12.1 Å². The van der Waals surface area contributed by atoms with Crippen molar-refractivity contribution in [2.45, 2.75) is 19.0 Å². The van der Waals surface area contributed by atoms with Gasteiger partial charge in [0.1, 0.15) is 11.4 Å². The summed E-state index contributed by atoms with van der Waals surface area (Å²) >= 11 is 0. The Morgan fingerprint density at radius 1 is 1.03 bits per heavy atom. The molecular weight excluding hydrogens is 437 g/mol. The van der Waals surface area contributed by atoms with Crippen molar-refractivity contribution in [2.75, 3.05) is 0 Å². The van der Waals surface area contributed by atoms with E-state index in [4.69, 9.17) is 0 Å². The molecule has 0 saturated carbocycles. The van der Waals surface area contributed by atoms with Gasteiger partial charge in [-0.15, -0.1) is 13.2 Å². The first kappa shape index (κ1) is 23.3. The maximum Gasteiger partial charge on any atom is 0.573 e. The first-order valence-corrected chi connectivity index (χ1v) is 8.56. The van der Waals surface area contributed by atoms with Crippen molar-refractivity contribution in [3.63, 3.8) is 0 Å². The molecule has 0 fully saturated rings. The molecule has 0 bridgehead atoms. The van der Waals surface area contributed by atoms with Crippen LogP contribution >= 0.6 is 0 Å². The van der Waals surface area contributed by atoms with Gasteiger partial charge < -0.3 is 4.74 Å². The van der Waals surface area contributed by atoms with Crippen LogP contribution in [0.5, 0.6) is 5.75 Å². The topological polar surface area (TPSA) is 51.8 Å². The quantitative estimate of drug-likeness (QED) is 0.511. The van der Waals surface area contributed by atoms with Crippen LogP contribution in [0.15, 0.2) is 58.2 Å². The molecule has 0 N–H and O–H groups in total. The predicted molar refractivity (Wildman–Crippen MR) is 102 cm³/mol. The predicted octanol–water partition coefficient (Wildman–Crippen LogP) is 4.53. The number of amidine groups is 1. The largest absolute Gasteiger partial charge is 0.573 e. The zero-order chi connectivity index (χ0) is 21.7. The van der Waals surface area contributed by atoms with Crippen molar-refractivity contribution >= 4 is 46.7 Å². The van der Waals surface area contributed by atoms with Gasteiger partial charge >= 0.3 is 12.5 Å². The van der Waals surface area contributed by atoms with E-state index in [1.807, 2.05) is 0 Å². The number of ether oxygens (including phenoxy) is 1. The third-order valence-electron chi connectivity index (χ3n) is 4.39. The number of allylic oxidation sites excluding steroid dienone is 4. The smallest absolute Gasteiger partial charge is 0.405 e. The van der Waals surface area contributed by atoms with E-state index in [9.17, 15) is 26.3 Å². The minimum atomic E-state index is -4.85. The van der Waals surface area contributed by atoms with Crippen LogP contribution in [-0.4, -0.2) is 57.2 Å². The number of hydrogen-bond donors (Lipinski definition) is 0. The Balaban J connectivity index is 0.00000272. The fourth-order valence-corrected chi connectivity index (χ4v) is 3.10. The fraction of sp³-hybridized carbons (Fsp3) is 0.211. The molecule has 0 atom stereocenters. The molecule has 2 heterocycles. The Hall–Kier alpha value is -2.37. The van der Waals surface area contributed by atoms with Crippen molar-refractivity contribution in [3.8, 4) is 5.75 Å². The Morgan fingerprint density at radius 2 is 1.74 bits per heavy atom. The molecule has 31 heavy (non-hydrogen) atoms. The molecule has 0 unspecified atom stereocenters. The third-order valence-corrected chi connectivity index (χ3v) is 4.39. The van der Waals surface area contributed by atoms with Crippen molar-refractivity contribution in [1.29, 1.82) is 0 Å². The van der Waals surface area contributed by atoms with Crippen LogP contribution in [0.4, 0.5) is 26.3 Å². The summed E-state index contributed by atoms with van der Waals surface area (Å²) in [7, 11) is 1.35. The van der Waals surface area contributed by atoms with Crippen molar-refractivity contribution in [2.24, 2.45) is 17.0 Å². The van der Waals surface area contributed by atoms with Gasteiger partial charge in [0, 0.05) is 48.6 Å². The van der Waals surface area contributed by atoms with Gasteiger partial charge in [0.2, 0.25) is 0 Å². The molecule has 2 aromatic rings. The SMILES string of the molecule is Cn1nc(C(F)(F)F)cc1C1=NC2=CC(c3ccccc3OC(F)(F)F)=CCC2=N1.[Na]. The number of aromatic nitrogens is 2. The molecule has 1 aliphatic heterocycles. The summed E-state index contributed by atoms with van der Waals surface area (Å²) in [5.74, 6) is -0.312. The van der Waals surface area contributed by atoms with E-state index in [-0.39, 0.29) is 58.8 Å². The van der Waals surface area contributed by atoms with Crippen molar-refractivity contribution < 1.29 is 31.1 Å². The van der Waals surface area contributed by atoms with E-state index in [2.05, 4.69) is 19.8 Å². The molecule has 1 aromatic heterocycles. The Bertz CT molecular complexity index is 1140. The molecule has 1 aromatic carbocycles. The number of para-hydroxylation sites is 1. The molecule has 0 spiro atoms. The van der Waals surface area contributed by atoms with E-state index >= 15 is 0 Å². The molecule has 1 radical (unpaired) electrons. The van der Waals surface area contributed by atoms with Gasteiger partial charge in [0.05, 0.1) is 11.4 Å². The molecule has 12 heteroatoms. The van der Waals surface area contributed by atoms with Gasteiger partial charge in [-0.25, -0.2) is 9.98 Å². The average Bonchev–Trinajstić information content (AvgIpc) is 3.23. The third kappa shape index (κ3) is 4.94. The Kier molecular flexibility index (Phi) is 6.23. The van der Waals surface area contributed by atoms with E-state index < -0.39 is 18.2 Å². The number of alkyl halides is 6. The van der Waals surface area contributed by atoms with E-state index in [0.29, 0.717) is 17.0 Å². The molecule has 0 saturated heterocycles.